The van der Waals surface area contributed by atoms with E-state index in [9.17, 15) is 9.59 Å². The Balaban J connectivity index is 2.28. The highest BCUT2D eigenvalue weighted by Crippen LogP contribution is 2.25. The minimum absolute atomic E-state index is 0.159. The highest BCUT2D eigenvalue weighted by Gasteiger charge is 2.35. The van der Waals surface area contributed by atoms with E-state index < -0.39 is 6.04 Å². The average molecular weight is 282 g/mol. The SMILES string of the molecule is COC(=O)C1CCCN1C(=O)c1cccc(Cl)c1C. The largest absolute Gasteiger partial charge is 0.467 e. The monoisotopic (exact) mass is 281 g/mol. The number of halogens is 1. The first-order valence-corrected chi connectivity index (χ1v) is 6.58. The van der Waals surface area contributed by atoms with Gasteiger partial charge >= 0.3 is 5.97 Å². The van der Waals surface area contributed by atoms with Crippen LogP contribution in [0, 0.1) is 6.92 Å². The van der Waals surface area contributed by atoms with Crippen LogP contribution in [0.15, 0.2) is 18.2 Å². The van der Waals surface area contributed by atoms with E-state index in [0.29, 0.717) is 23.6 Å². The quantitative estimate of drug-likeness (QED) is 0.782. The van der Waals surface area contributed by atoms with E-state index in [2.05, 4.69) is 0 Å². The summed E-state index contributed by atoms with van der Waals surface area (Å²) in [6.07, 6.45) is 1.46. The Morgan fingerprint density at radius 1 is 1.42 bits per heavy atom. The molecule has 1 aliphatic heterocycles. The number of ether oxygens (including phenoxy) is 1. The molecule has 4 nitrogen and oxygen atoms in total. The minimum atomic E-state index is -0.476. The molecule has 0 radical (unpaired) electrons. The maximum absolute atomic E-state index is 12.5. The second kappa shape index (κ2) is 5.61. The number of benzene rings is 1. The van der Waals surface area contributed by atoms with E-state index in [1.807, 2.05) is 0 Å². The van der Waals surface area contributed by atoms with Gasteiger partial charge in [-0.2, -0.15) is 0 Å². The number of nitrogens with zero attached hydrogens (tertiary/aromatic N) is 1. The van der Waals surface area contributed by atoms with Gasteiger partial charge in [-0.15, -0.1) is 0 Å². The lowest BCUT2D eigenvalue weighted by Gasteiger charge is -2.23. The molecule has 1 fully saturated rings. The summed E-state index contributed by atoms with van der Waals surface area (Å²) < 4.78 is 4.75. The second-order valence-electron chi connectivity index (χ2n) is 4.59. The van der Waals surface area contributed by atoms with Crippen LogP contribution in [-0.4, -0.2) is 36.5 Å². The normalized spacial score (nSPS) is 18.5. The molecule has 1 heterocycles. The molecule has 1 atom stereocenters. The van der Waals surface area contributed by atoms with Crippen LogP contribution in [-0.2, 0) is 9.53 Å². The molecule has 0 spiro atoms. The number of methoxy groups -OCH3 is 1. The Bertz CT molecular complexity index is 515. The molecule has 0 bridgehead atoms. The number of amides is 1. The number of hydrogen-bond acceptors (Lipinski definition) is 3. The van der Waals surface area contributed by atoms with E-state index in [-0.39, 0.29) is 11.9 Å². The van der Waals surface area contributed by atoms with Crippen molar-refractivity contribution in [3.05, 3.63) is 34.3 Å². The number of rotatable bonds is 2. The summed E-state index contributed by atoms with van der Waals surface area (Å²) >= 11 is 6.03. The molecule has 1 aromatic carbocycles. The predicted molar refractivity (Wildman–Crippen MR) is 72.3 cm³/mol. The number of likely N-dealkylation sites (tertiary alicyclic amines) is 1. The van der Waals surface area contributed by atoms with Crippen LogP contribution in [0.2, 0.25) is 5.02 Å². The summed E-state index contributed by atoms with van der Waals surface area (Å²) in [4.78, 5) is 25.8. The average Bonchev–Trinajstić information content (AvgIpc) is 2.89. The standard InChI is InChI=1S/C14H16ClNO3/c1-9-10(5-3-6-11(9)15)13(17)16-8-4-7-12(16)14(18)19-2/h3,5-6,12H,4,7-8H2,1-2H3. The lowest BCUT2D eigenvalue weighted by atomic mass is 10.1. The van der Waals surface area contributed by atoms with E-state index in [1.165, 1.54) is 7.11 Å². The first kappa shape index (κ1) is 13.9. The predicted octanol–water partition coefficient (Wildman–Crippen LogP) is 2.43. The van der Waals surface area contributed by atoms with Crippen LogP contribution in [0.4, 0.5) is 0 Å². The summed E-state index contributed by atoms with van der Waals surface area (Å²) in [7, 11) is 1.34. The molecule has 1 unspecified atom stereocenters. The summed E-state index contributed by atoms with van der Waals surface area (Å²) in [5, 5.41) is 0.555. The molecular formula is C14H16ClNO3. The number of carbonyl (C=O) groups excluding carboxylic acids is 2. The Labute approximate surface area is 117 Å². The third kappa shape index (κ3) is 2.59. The molecule has 2 rings (SSSR count). The van der Waals surface area contributed by atoms with Crippen LogP contribution in [0.1, 0.15) is 28.8 Å². The second-order valence-corrected chi connectivity index (χ2v) is 5.00. The molecule has 5 heteroatoms. The zero-order valence-corrected chi connectivity index (χ0v) is 11.7. The zero-order chi connectivity index (χ0) is 14.0. The number of carbonyl (C=O) groups is 2. The van der Waals surface area contributed by atoms with Gasteiger partial charge < -0.3 is 9.64 Å². The first-order valence-electron chi connectivity index (χ1n) is 6.20. The van der Waals surface area contributed by atoms with Crippen LogP contribution in [0.3, 0.4) is 0 Å². The summed E-state index contributed by atoms with van der Waals surface area (Å²) in [5.74, 6) is -0.515. The lowest BCUT2D eigenvalue weighted by molar-refractivity contribution is -0.145. The van der Waals surface area contributed by atoms with Crippen LogP contribution >= 0.6 is 11.6 Å². The van der Waals surface area contributed by atoms with Gasteiger partial charge in [-0.05, 0) is 37.5 Å². The van der Waals surface area contributed by atoms with Gasteiger partial charge in [-0.1, -0.05) is 17.7 Å². The molecule has 19 heavy (non-hydrogen) atoms. The van der Waals surface area contributed by atoms with Gasteiger partial charge in [0.2, 0.25) is 0 Å². The lowest BCUT2D eigenvalue weighted by Crippen LogP contribution is -2.41. The number of hydrogen-bond donors (Lipinski definition) is 0. The molecule has 1 saturated heterocycles. The third-order valence-corrected chi connectivity index (χ3v) is 3.89. The van der Waals surface area contributed by atoms with Crippen molar-refractivity contribution in [3.63, 3.8) is 0 Å². The Morgan fingerprint density at radius 2 is 2.16 bits per heavy atom. The van der Waals surface area contributed by atoms with Crippen molar-refractivity contribution in [3.8, 4) is 0 Å². The Kier molecular flexibility index (Phi) is 4.10. The van der Waals surface area contributed by atoms with Crippen molar-refractivity contribution in [2.45, 2.75) is 25.8 Å². The van der Waals surface area contributed by atoms with Crippen molar-refractivity contribution < 1.29 is 14.3 Å². The fraction of sp³-hybridized carbons (Fsp3) is 0.429. The maximum Gasteiger partial charge on any atom is 0.328 e. The van der Waals surface area contributed by atoms with Crippen molar-refractivity contribution >= 4 is 23.5 Å². The van der Waals surface area contributed by atoms with Crippen LogP contribution in [0.25, 0.3) is 0 Å². The Hall–Kier alpha value is -1.55. The molecule has 102 valence electrons. The van der Waals surface area contributed by atoms with E-state index >= 15 is 0 Å². The third-order valence-electron chi connectivity index (χ3n) is 3.49. The van der Waals surface area contributed by atoms with Crippen molar-refractivity contribution in [2.24, 2.45) is 0 Å². The van der Waals surface area contributed by atoms with Gasteiger partial charge in [-0.25, -0.2) is 4.79 Å². The molecule has 0 saturated carbocycles. The van der Waals surface area contributed by atoms with E-state index in [0.717, 1.165) is 12.0 Å². The topological polar surface area (TPSA) is 46.6 Å². The molecule has 1 aromatic rings. The zero-order valence-electron chi connectivity index (χ0n) is 11.0. The number of esters is 1. The highest BCUT2D eigenvalue weighted by atomic mass is 35.5. The minimum Gasteiger partial charge on any atom is -0.467 e. The van der Waals surface area contributed by atoms with Gasteiger partial charge in [0, 0.05) is 17.1 Å². The molecule has 1 aliphatic rings. The van der Waals surface area contributed by atoms with Gasteiger partial charge in [-0.3, -0.25) is 4.79 Å². The Morgan fingerprint density at radius 3 is 2.84 bits per heavy atom. The molecular weight excluding hydrogens is 266 g/mol. The van der Waals surface area contributed by atoms with Gasteiger partial charge in [0.1, 0.15) is 6.04 Å². The molecule has 0 aliphatic carbocycles. The van der Waals surface area contributed by atoms with Crippen molar-refractivity contribution in [1.29, 1.82) is 0 Å². The fourth-order valence-corrected chi connectivity index (χ4v) is 2.56. The van der Waals surface area contributed by atoms with Gasteiger partial charge in [0.05, 0.1) is 7.11 Å². The maximum atomic E-state index is 12.5. The summed E-state index contributed by atoms with van der Waals surface area (Å²) in [6, 6.07) is 4.74. The molecule has 0 aromatic heterocycles. The van der Waals surface area contributed by atoms with Gasteiger partial charge in [0.25, 0.3) is 5.91 Å². The summed E-state index contributed by atoms with van der Waals surface area (Å²) in [6.45, 7) is 2.38. The van der Waals surface area contributed by atoms with E-state index in [4.69, 9.17) is 16.3 Å². The molecule has 0 N–H and O–H groups in total. The van der Waals surface area contributed by atoms with Crippen molar-refractivity contribution in [1.82, 2.24) is 4.90 Å². The van der Waals surface area contributed by atoms with E-state index in [1.54, 1.807) is 30.0 Å². The fourth-order valence-electron chi connectivity index (χ4n) is 2.38. The van der Waals surface area contributed by atoms with Crippen LogP contribution in [0.5, 0.6) is 0 Å². The molecule has 1 amide bonds. The van der Waals surface area contributed by atoms with Crippen LogP contribution < -0.4 is 0 Å². The summed E-state index contributed by atoms with van der Waals surface area (Å²) in [5.41, 5.74) is 1.29. The van der Waals surface area contributed by atoms with Crippen molar-refractivity contribution in [2.75, 3.05) is 13.7 Å². The first-order chi connectivity index (χ1) is 9.06. The van der Waals surface area contributed by atoms with Gasteiger partial charge in [0.15, 0.2) is 0 Å². The highest BCUT2D eigenvalue weighted by molar-refractivity contribution is 6.31. The smallest absolute Gasteiger partial charge is 0.328 e.